The van der Waals surface area contributed by atoms with Crippen LogP contribution >= 0.6 is 11.3 Å². The van der Waals surface area contributed by atoms with E-state index in [0.717, 1.165) is 27.9 Å². The largest absolute Gasteiger partial charge is 0.481 e. The summed E-state index contributed by atoms with van der Waals surface area (Å²) in [4.78, 5) is 29.9. The van der Waals surface area contributed by atoms with E-state index >= 15 is 0 Å². The fourth-order valence-corrected chi connectivity index (χ4v) is 6.02. The number of hydrogen-bond donors (Lipinski definition) is 3. The van der Waals surface area contributed by atoms with Gasteiger partial charge < -0.3 is 15.4 Å². The molecule has 4 atom stereocenters. The lowest BCUT2D eigenvalue weighted by molar-refractivity contribution is -0.145. The van der Waals surface area contributed by atoms with Crippen molar-refractivity contribution in [3.63, 3.8) is 0 Å². The molecular formula is C23H20FN5O2S. The van der Waals surface area contributed by atoms with Crippen LogP contribution in [-0.4, -0.2) is 37.1 Å². The van der Waals surface area contributed by atoms with Crippen LogP contribution in [0.4, 0.5) is 10.2 Å². The zero-order chi connectivity index (χ0) is 22.0. The number of pyridine rings is 1. The fourth-order valence-electron chi connectivity index (χ4n) is 5.12. The van der Waals surface area contributed by atoms with E-state index in [0.29, 0.717) is 28.2 Å². The molecule has 4 heterocycles. The molecule has 2 bridgehead atoms. The Bertz CT molecular complexity index is 1410. The van der Waals surface area contributed by atoms with Gasteiger partial charge in [-0.3, -0.25) is 4.79 Å². The first-order valence-electron chi connectivity index (χ1n) is 10.6. The van der Waals surface area contributed by atoms with Crippen LogP contribution in [-0.2, 0) is 4.79 Å². The van der Waals surface area contributed by atoms with E-state index in [1.165, 1.54) is 12.3 Å². The molecule has 0 radical (unpaired) electrons. The first kappa shape index (κ1) is 19.4. The van der Waals surface area contributed by atoms with Crippen molar-refractivity contribution in [3.05, 3.63) is 47.4 Å². The van der Waals surface area contributed by atoms with Gasteiger partial charge in [-0.05, 0) is 43.7 Å². The standard InChI is InChI=1S/C23H20FN5O2S/c1-10-6-16-19(32-10)22(28-18-12-4-2-11(3-5-12)17(18)23(30)31)29-21(27-16)15-9-26-20-14(15)7-13(24)8-25-20/h2,4,6-9,11-12,17-18H,3,5H2,1H3,(H,25,26)(H,30,31)(H,27,28,29)/t11?,12?,17-,18-/m0/s1. The van der Waals surface area contributed by atoms with Gasteiger partial charge in [0.1, 0.15) is 17.3 Å². The smallest absolute Gasteiger partial charge is 0.309 e. The topological polar surface area (TPSA) is 104 Å². The van der Waals surface area contributed by atoms with Gasteiger partial charge in [0.05, 0.1) is 22.3 Å². The summed E-state index contributed by atoms with van der Waals surface area (Å²) >= 11 is 1.58. The molecule has 32 heavy (non-hydrogen) atoms. The number of halogens is 1. The van der Waals surface area contributed by atoms with Crippen molar-refractivity contribution in [1.82, 2.24) is 19.9 Å². The van der Waals surface area contributed by atoms with Crippen molar-refractivity contribution in [2.45, 2.75) is 25.8 Å². The third-order valence-electron chi connectivity index (χ3n) is 6.57. The number of anilines is 1. The Balaban J connectivity index is 1.49. The number of carboxylic acids is 1. The Morgan fingerprint density at radius 3 is 2.84 bits per heavy atom. The average molecular weight is 450 g/mol. The summed E-state index contributed by atoms with van der Waals surface area (Å²) in [6.45, 7) is 2.01. The predicted molar refractivity (Wildman–Crippen MR) is 121 cm³/mol. The quantitative estimate of drug-likeness (QED) is 0.388. The summed E-state index contributed by atoms with van der Waals surface area (Å²) in [5.41, 5.74) is 1.99. The van der Waals surface area contributed by atoms with Crippen LogP contribution in [0.1, 0.15) is 17.7 Å². The number of aryl methyl sites for hydroxylation is 1. The minimum absolute atomic E-state index is 0.0273. The summed E-state index contributed by atoms with van der Waals surface area (Å²) in [7, 11) is 0. The van der Waals surface area contributed by atoms with Gasteiger partial charge in [0.2, 0.25) is 0 Å². The van der Waals surface area contributed by atoms with Crippen molar-refractivity contribution in [3.8, 4) is 11.4 Å². The highest BCUT2D eigenvalue weighted by molar-refractivity contribution is 7.19. The van der Waals surface area contributed by atoms with Gasteiger partial charge in [-0.2, -0.15) is 0 Å². The molecule has 0 amide bonds. The first-order chi connectivity index (χ1) is 15.5. The summed E-state index contributed by atoms with van der Waals surface area (Å²) < 4.78 is 14.8. The van der Waals surface area contributed by atoms with Crippen LogP contribution in [0.5, 0.6) is 0 Å². The maximum atomic E-state index is 13.9. The average Bonchev–Trinajstić information content (AvgIpc) is 3.36. The lowest BCUT2D eigenvalue weighted by atomic mass is 9.66. The van der Waals surface area contributed by atoms with Crippen LogP contribution in [0.3, 0.4) is 0 Å². The van der Waals surface area contributed by atoms with Crippen molar-refractivity contribution < 1.29 is 14.3 Å². The molecule has 7 nitrogen and oxygen atoms in total. The molecule has 3 aliphatic rings. The molecule has 0 aliphatic heterocycles. The number of carbonyl (C=O) groups is 1. The number of H-pyrrole nitrogens is 1. The molecular weight excluding hydrogens is 429 g/mol. The number of nitrogens with zero attached hydrogens (tertiary/aromatic N) is 3. The van der Waals surface area contributed by atoms with Crippen LogP contribution in [0.2, 0.25) is 0 Å². The van der Waals surface area contributed by atoms with E-state index in [1.54, 1.807) is 17.5 Å². The molecule has 1 fully saturated rings. The second-order valence-corrected chi connectivity index (χ2v) is 9.80. The molecule has 0 spiro atoms. The number of aromatic amines is 1. The Morgan fingerprint density at radius 2 is 2.06 bits per heavy atom. The van der Waals surface area contributed by atoms with Gasteiger partial charge in [0, 0.05) is 28.1 Å². The lowest BCUT2D eigenvalue weighted by Gasteiger charge is -2.43. The Labute approximate surface area is 186 Å². The molecule has 4 aromatic heterocycles. The van der Waals surface area contributed by atoms with E-state index in [9.17, 15) is 14.3 Å². The minimum Gasteiger partial charge on any atom is -0.481 e. The number of fused-ring (bicyclic) bond motifs is 4. The van der Waals surface area contributed by atoms with E-state index in [1.807, 2.05) is 13.0 Å². The number of allylic oxidation sites excluding steroid dienone is 1. The SMILES string of the molecule is Cc1cc2nc(-c3c[nH]c4ncc(F)cc34)nc(N[C@H]3C4C=CC(CC4)[C@@H]3C(=O)O)c2s1. The summed E-state index contributed by atoms with van der Waals surface area (Å²) in [5, 5.41) is 14.0. The number of nitrogens with one attached hydrogen (secondary N) is 2. The lowest BCUT2D eigenvalue weighted by Crippen LogP contribution is -2.49. The molecule has 0 aromatic carbocycles. The monoisotopic (exact) mass is 449 g/mol. The number of aliphatic carboxylic acids is 1. The highest BCUT2D eigenvalue weighted by Gasteiger charge is 2.45. The van der Waals surface area contributed by atoms with Crippen molar-refractivity contribution in [1.29, 1.82) is 0 Å². The Hall–Kier alpha value is -3.33. The minimum atomic E-state index is -0.785. The fraction of sp³-hybridized carbons (Fsp3) is 0.304. The number of rotatable bonds is 4. The van der Waals surface area contributed by atoms with E-state index in [2.05, 4.69) is 27.4 Å². The maximum absolute atomic E-state index is 13.9. The molecule has 7 rings (SSSR count). The van der Waals surface area contributed by atoms with Crippen LogP contribution in [0, 0.1) is 30.5 Å². The van der Waals surface area contributed by atoms with Crippen molar-refractivity contribution in [2.24, 2.45) is 17.8 Å². The molecule has 1 saturated carbocycles. The number of hydrogen-bond acceptors (Lipinski definition) is 6. The first-order valence-corrected chi connectivity index (χ1v) is 11.4. The summed E-state index contributed by atoms with van der Waals surface area (Å²) in [6, 6.07) is 3.16. The van der Waals surface area contributed by atoms with Crippen molar-refractivity contribution in [2.75, 3.05) is 5.32 Å². The van der Waals surface area contributed by atoms with Gasteiger partial charge in [0.25, 0.3) is 0 Å². The highest BCUT2D eigenvalue weighted by atomic mass is 32.1. The highest BCUT2D eigenvalue weighted by Crippen LogP contribution is 2.43. The number of carboxylic acid groups (broad SMARTS) is 1. The number of aromatic nitrogens is 4. The maximum Gasteiger partial charge on any atom is 0.309 e. The zero-order valence-electron chi connectivity index (χ0n) is 17.2. The second-order valence-electron chi connectivity index (χ2n) is 8.54. The molecule has 4 aromatic rings. The molecule has 162 valence electrons. The van der Waals surface area contributed by atoms with Crippen LogP contribution in [0.25, 0.3) is 32.6 Å². The Morgan fingerprint density at radius 1 is 1.25 bits per heavy atom. The third-order valence-corrected chi connectivity index (χ3v) is 7.62. The molecule has 3 N–H and O–H groups in total. The normalized spacial score (nSPS) is 24.4. The Kier molecular flexibility index (Phi) is 4.29. The molecule has 3 aliphatic carbocycles. The van der Waals surface area contributed by atoms with Crippen LogP contribution < -0.4 is 5.32 Å². The van der Waals surface area contributed by atoms with Gasteiger partial charge in [-0.25, -0.2) is 19.3 Å². The predicted octanol–water partition coefficient (Wildman–Crippen LogP) is 4.76. The second kappa shape index (κ2) is 7.09. The van der Waals surface area contributed by atoms with E-state index in [4.69, 9.17) is 9.97 Å². The molecule has 9 heteroatoms. The van der Waals surface area contributed by atoms with Gasteiger partial charge >= 0.3 is 5.97 Å². The molecule has 0 saturated heterocycles. The van der Waals surface area contributed by atoms with Gasteiger partial charge in [-0.15, -0.1) is 11.3 Å². The number of thiophene rings is 1. The zero-order valence-corrected chi connectivity index (χ0v) is 18.0. The van der Waals surface area contributed by atoms with Crippen molar-refractivity contribution >= 4 is 44.4 Å². The third kappa shape index (κ3) is 2.99. The molecule has 2 unspecified atom stereocenters. The van der Waals surface area contributed by atoms with E-state index < -0.39 is 17.7 Å². The summed E-state index contributed by atoms with van der Waals surface area (Å²) in [5.74, 6) is -0.480. The van der Waals surface area contributed by atoms with E-state index in [-0.39, 0.29) is 17.9 Å². The summed E-state index contributed by atoms with van der Waals surface area (Å²) in [6.07, 6.45) is 8.94. The van der Waals surface area contributed by atoms with Crippen LogP contribution in [0.15, 0.2) is 36.7 Å². The van der Waals surface area contributed by atoms with Gasteiger partial charge in [-0.1, -0.05) is 12.2 Å². The van der Waals surface area contributed by atoms with Gasteiger partial charge in [0.15, 0.2) is 5.82 Å².